The van der Waals surface area contributed by atoms with Crippen LogP contribution in [-0.2, 0) is 60.6 Å². The molecule has 358 valence electrons. The van der Waals surface area contributed by atoms with Crippen molar-refractivity contribution >= 4 is 81.9 Å². The molecule has 1 aliphatic rings. The Morgan fingerprint density at radius 2 is 1.11 bits per heavy atom. The first-order valence-electron chi connectivity index (χ1n) is 19.3. The van der Waals surface area contributed by atoms with E-state index in [1.165, 1.54) is 37.6 Å². The number of pyridine rings is 4. The topological polar surface area (TPSA) is 176 Å². The van der Waals surface area contributed by atoms with Gasteiger partial charge in [0, 0.05) is 87.1 Å². The van der Waals surface area contributed by atoms with Gasteiger partial charge in [-0.05, 0) is 103 Å². The molecule has 0 saturated carbocycles. The number of hydrogen-bond donors (Lipinski definition) is 0. The maximum Gasteiger partial charge on any atom is 0.495 e. The van der Waals surface area contributed by atoms with Gasteiger partial charge in [-0.1, -0.05) is 14.9 Å². The molecule has 2 aromatic carbocycles. The van der Waals surface area contributed by atoms with E-state index in [-0.39, 0.29) is 46.4 Å². The Hall–Kier alpha value is -4.72. The summed E-state index contributed by atoms with van der Waals surface area (Å²) < 4.78 is 46.9. The summed E-state index contributed by atoms with van der Waals surface area (Å²) in [4.78, 5) is 54.3. The Balaban J connectivity index is 0.000000474. The standard InChI is InChI=1S/C18H16N2O4.C15H21BO5.C9H7BrN2O.C2H5OPS.2CH4.Pd/c1-20-9-14(12-4-5-19-8-13(12)18(20)22)11-6-16(23-2)15(10-21)17(7-11)24-3;1-14(2)15(3,4)21-16(20-14)10-7-12(18-5)11(9-17)13(8-10)19-6;1-12-5-8(10)6-2-3-11-4-7(6)9(12)13;1-2-4(3)5;;;/h4-10H,1-3H3;7-9H,1-6H3;2-5H,1H3;2H2,1H3;2*1H4;. The van der Waals surface area contributed by atoms with E-state index >= 15 is 0 Å². The predicted octanol–water partition coefficient (Wildman–Crippen LogP) is 8.51. The van der Waals surface area contributed by atoms with Gasteiger partial charge in [-0.3, -0.25) is 29.1 Å². The van der Waals surface area contributed by atoms with Gasteiger partial charge in [-0.2, -0.15) is 0 Å². The number of ether oxygens (including phenoxy) is 4. The molecule has 4 aromatic heterocycles. The second-order valence-corrected chi connectivity index (χ2v) is 18.2. The fraction of sp³-hybridized carbons (Fsp3) is 0.348. The quantitative estimate of drug-likeness (QED) is 0.0583. The molecular formula is C46H57BBrN4O11PPdS. The molecule has 0 N–H and O–H groups in total. The maximum absolute atomic E-state index is 12.3. The molecule has 7 rings (SSSR count). The molecule has 0 amide bonds. The second kappa shape index (κ2) is 26.0. The zero-order chi connectivity index (χ0) is 46.8. The molecule has 6 aromatic rings. The molecule has 0 bridgehead atoms. The van der Waals surface area contributed by atoms with E-state index in [0.717, 1.165) is 31.8 Å². The molecule has 1 atom stereocenters. The minimum atomic E-state index is -1.26. The van der Waals surface area contributed by atoms with Gasteiger partial charge >= 0.3 is 7.12 Å². The molecular weight excluding hydrogens is 1040 g/mol. The summed E-state index contributed by atoms with van der Waals surface area (Å²) in [6.45, 7) is 9.76. The zero-order valence-electron chi connectivity index (χ0n) is 37.2. The molecule has 1 saturated heterocycles. The Labute approximate surface area is 414 Å². The number of halogens is 1. The van der Waals surface area contributed by atoms with Crippen molar-refractivity contribution in [1.82, 2.24) is 19.1 Å². The third-order valence-electron chi connectivity index (χ3n) is 10.4. The number of hydrogen-bond acceptors (Lipinski definition) is 14. The number of aryl methyl sites for hydroxylation is 2. The van der Waals surface area contributed by atoms with Crippen molar-refractivity contribution in [2.24, 2.45) is 14.1 Å². The first-order chi connectivity index (χ1) is 29.8. The molecule has 1 fully saturated rings. The van der Waals surface area contributed by atoms with Crippen LogP contribution in [0.2, 0.25) is 0 Å². The SMILES string of the molecule is C.C.CC[P+](=O)[S-].COc1cc(-c2cn(C)c(=O)c3cnccc23)cc(OC)c1C=O.COc1cc(B2OC(C)(C)C(C)(C)O2)cc(OC)c1C=O.Cn1cc(Br)c2ccncc2c1=O.[Pd]. The van der Waals surface area contributed by atoms with E-state index in [4.69, 9.17) is 28.3 Å². The number of rotatable bonds is 9. The Morgan fingerprint density at radius 1 is 0.727 bits per heavy atom. The summed E-state index contributed by atoms with van der Waals surface area (Å²) in [7, 11) is 7.62. The van der Waals surface area contributed by atoms with Gasteiger partial charge in [-0.15, -0.1) is 4.57 Å². The largest absolute Gasteiger partial charge is 0.496 e. The van der Waals surface area contributed by atoms with Crippen molar-refractivity contribution < 1.29 is 62.8 Å². The summed E-state index contributed by atoms with van der Waals surface area (Å²) in [6.07, 6.45) is 12.0. The van der Waals surface area contributed by atoms with Gasteiger partial charge in [-0.25, -0.2) is 0 Å². The van der Waals surface area contributed by atoms with Crippen molar-refractivity contribution in [2.45, 2.75) is 60.7 Å². The monoisotopic (exact) mass is 1100 g/mol. The van der Waals surface area contributed by atoms with Crippen LogP contribution in [0.3, 0.4) is 0 Å². The summed E-state index contributed by atoms with van der Waals surface area (Å²) in [5.74, 6) is 1.70. The first kappa shape index (κ1) is 59.3. The number of methoxy groups -OCH3 is 4. The van der Waals surface area contributed by atoms with Crippen LogP contribution >= 0.6 is 22.9 Å². The normalized spacial score (nSPS) is 13.0. The summed E-state index contributed by atoms with van der Waals surface area (Å²) >= 11 is 7.68. The van der Waals surface area contributed by atoms with Crippen LogP contribution in [-0.4, -0.2) is 84.6 Å². The number of carbonyl (C=O) groups excluding carboxylic acids is 2. The fourth-order valence-corrected chi connectivity index (χ4v) is 6.86. The summed E-state index contributed by atoms with van der Waals surface area (Å²) in [5, 5.41) is 2.84. The average Bonchev–Trinajstić information content (AvgIpc) is 3.51. The number of aromatic nitrogens is 4. The number of carbonyl (C=O) groups is 2. The van der Waals surface area contributed by atoms with Crippen LogP contribution < -0.4 is 35.5 Å². The predicted molar refractivity (Wildman–Crippen MR) is 265 cm³/mol. The van der Waals surface area contributed by atoms with E-state index in [0.29, 0.717) is 63.6 Å². The molecule has 1 unspecified atom stereocenters. The number of benzene rings is 2. The fourth-order valence-electron chi connectivity index (χ4n) is 6.20. The van der Waals surface area contributed by atoms with E-state index in [9.17, 15) is 23.7 Å². The Morgan fingerprint density at radius 3 is 1.50 bits per heavy atom. The third-order valence-corrected chi connectivity index (χ3v) is 12.3. The molecule has 0 radical (unpaired) electrons. The smallest absolute Gasteiger partial charge is 0.495 e. The van der Waals surface area contributed by atoms with Gasteiger partial charge < -0.3 is 49.6 Å². The number of aldehydes is 2. The minimum Gasteiger partial charge on any atom is -0.496 e. The molecule has 20 heteroatoms. The van der Waals surface area contributed by atoms with Crippen molar-refractivity contribution in [1.29, 1.82) is 0 Å². The van der Waals surface area contributed by atoms with Crippen molar-refractivity contribution in [2.75, 3.05) is 34.6 Å². The van der Waals surface area contributed by atoms with E-state index in [1.54, 1.807) is 81.6 Å². The third kappa shape index (κ3) is 13.5. The van der Waals surface area contributed by atoms with Crippen LogP contribution in [0.4, 0.5) is 0 Å². The van der Waals surface area contributed by atoms with E-state index < -0.39 is 25.3 Å². The average molecular weight is 1100 g/mol. The summed E-state index contributed by atoms with van der Waals surface area (Å²) in [6, 6.07) is 10.6. The van der Waals surface area contributed by atoms with E-state index in [1.807, 2.05) is 40.7 Å². The van der Waals surface area contributed by atoms with Gasteiger partial charge in [0.15, 0.2) is 12.6 Å². The van der Waals surface area contributed by atoms with Gasteiger partial charge in [0.05, 0.1) is 61.5 Å². The van der Waals surface area contributed by atoms with Crippen LogP contribution in [0, 0.1) is 0 Å². The van der Waals surface area contributed by atoms with Crippen molar-refractivity contribution in [3.05, 3.63) is 110 Å². The van der Waals surface area contributed by atoms with Crippen LogP contribution in [0.1, 0.15) is 70.2 Å². The zero-order valence-corrected chi connectivity index (χ0v) is 42.0. The van der Waals surface area contributed by atoms with Gasteiger partial charge in [0.2, 0.25) is 7.00 Å². The molecule has 66 heavy (non-hydrogen) atoms. The summed E-state index contributed by atoms with van der Waals surface area (Å²) in [5.41, 5.74) is 2.08. The molecule has 0 spiro atoms. The van der Waals surface area contributed by atoms with Crippen LogP contribution in [0.5, 0.6) is 23.0 Å². The Bertz CT molecular complexity index is 2710. The molecule has 5 heterocycles. The van der Waals surface area contributed by atoms with Crippen molar-refractivity contribution in [3.8, 4) is 34.1 Å². The molecule has 15 nitrogen and oxygen atoms in total. The number of nitrogens with zero attached hydrogens (tertiary/aromatic N) is 4. The second-order valence-electron chi connectivity index (χ2n) is 14.8. The maximum atomic E-state index is 12.3. The Kier molecular flexibility index (Phi) is 23.3. The van der Waals surface area contributed by atoms with Gasteiger partial charge in [0.1, 0.15) is 29.2 Å². The van der Waals surface area contributed by atoms with Crippen molar-refractivity contribution in [3.63, 3.8) is 0 Å². The minimum absolute atomic E-state index is 0. The van der Waals surface area contributed by atoms with Crippen LogP contribution in [0.15, 0.2) is 87.6 Å². The first-order valence-corrected chi connectivity index (χ1v) is 22.5. The van der Waals surface area contributed by atoms with Crippen LogP contribution in [0.25, 0.3) is 32.7 Å². The van der Waals surface area contributed by atoms with E-state index in [2.05, 4.69) is 38.1 Å². The van der Waals surface area contributed by atoms with Gasteiger partial charge in [0.25, 0.3) is 11.1 Å². The molecule has 0 aliphatic carbocycles. The molecule has 1 aliphatic heterocycles. The number of fused-ring (bicyclic) bond motifs is 2.